The molecule has 14 nitrogen and oxygen atoms in total. The number of halogens is 2. The Morgan fingerprint density at radius 2 is 0.268 bits per heavy atom. The Balaban J connectivity index is 0.000000179. The Labute approximate surface area is 848 Å². The van der Waals surface area contributed by atoms with Crippen LogP contribution in [0, 0.1) is 194 Å². The Kier molecular flexibility index (Phi) is 31.0. The number of aryl methyl sites for hydroxylation is 24. The third-order valence-electron chi connectivity index (χ3n) is 30.0. The fraction of sp³-hybridized carbons (Fsp3) is 0.286. The number of phenols is 12. The van der Waals surface area contributed by atoms with Crippen molar-refractivity contribution in [3.8, 4) is 80.5 Å². The summed E-state index contributed by atoms with van der Waals surface area (Å²) in [4.78, 5) is 0. The number of hydrogen-bond donors (Lipinski definition) is 12. The molecule has 738 valence electrons. The molecule has 15 aromatic rings. The second kappa shape index (κ2) is 41.7. The first-order chi connectivity index (χ1) is 66.7. The van der Waals surface area contributed by atoms with Gasteiger partial charge in [-0.15, -0.1) is 0 Å². The molecule has 0 spiro atoms. The monoisotopic (exact) mass is 1940 g/mol. The lowest BCUT2D eigenvalue weighted by molar-refractivity contribution is 0.393. The van der Waals surface area contributed by atoms with Crippen LogP contribution in [-0.2, 0) is 0 Å². The predicted octanol–water partition coefficient (Wildman–Crippen LogP) is 30.6. The molecule has 16 heteroatoms. The molecule has 142 heavy (non-hydrogen) atoms. The maximum Gasteiger partial charge on any atom is 0.123 e. The van der Waals surface area contributed by atoms with E-state index >= 15 is 0 Å². The van der Waals surface area contributed by atoms with Crippen molar-refractivity contribution in [2.24, 2.45) is 0 Å². The average Bonchev–Trinajstić information content (AvgIpc) is 0.732. The number of rotatable bonds is 20. The molecular weight excluding hydrogens is 1810 g/mol. The summed E-state index contributed by atoms with van der Waals surface area (Å²) in [5.74, 6) is 2.65. The normalized spacial score (nSPS) is 11.5. The summed E-state index contributed by atoms with van der Waals surface area (Å²) in [6, 6.07) is 54.1. The van der Waals surface area contributed by atoms with Crippen LogP contribution in [0.3, 0.4) is 0 Å². The van der Waals surface area contributed by atoms with E-state index in [9.17, 15) is 61.3 Å². The van der Waals surface area contributed by atoms with Crippen LogP contribution in [0.2, 0.25) is 10.0 Å². The van der Waals surface area contributed by atoms with Gasteiger partial charge in [-0.05, 0) is 536 Å². The molecule has 0 unspecified atom stereocenters. The van der Waals surface area contributed by atoms with Crippen molar-refractivity contribution in [1.82, 2.24) is 0 Å². The fourth-order valence-corrected chi connectivity index (χ4v) is 21.8. The third-order valence-corrected chi connectivity index (χ3v) is 30.7. The molecule has 0 saturated heterocycles. The van der Waals surface area contributed by atoms with Crippen molar-refractivity contribution in [2.45, 2.75) is 229 Å². The van der Waals surface area contributed by atoms with Crippen LogP contribution in [0.1, 0.15) is 291 Å². The maximum absolute atomic E-state index is 10.6. The topological polar surface area (TPSA) is 261 Å². The minimum absolute atomic E-state index is 0.135. The average molecular weight is 1950 g/mol. The van der Waals surface area contributed by atoms with Crippen LogP contribution in [0.15, 0.2) is 170 Å². The lowest BCUT2D eigenvalue weighted by Crippen LogP contribution is -2.17. The van der Waals surface area contributed by atoms with Gasteiger partial charge < -0.3 is 70.8 Å². The number of methoxy groups -OCH3 is 2. The highest BCUT2D eigenvalue weighted by atomic mass is 35.5. The van der Waals surface area contributed by atoms with Crippen LogP contribution < -0.4 is 9.47 Å². The summed E-state index contributed by atoms with van der Waals surface area (Å²) in [6.07, 6.45) is 0. The van der Waals surface area contributed by atoms with Crippen molar-refractivity contribution >= 4 is 23.2 Å². The highest BCUT2D eigenvalue weighted by molar-refractivity contribution is 6.34. The number of hydrogen-bond acceptors (Lipinski definition) is 14. The molecular formula is C126H136Cl2O14. The van der Waals surface area contributed by atoms with Crippen molar-refractivity contribution in [3.05, 3.63) is 436 Å². The van der Waals surface area contributed by atoms with E-state index in [-0.39, 0.29) is 105 Å². The molecule has 0 atom stereocenters. The Morgan fingerprint density at radius 1 is 0.148 bits per heavy atom. The second-order valence-electron chi connectivity index (χ2n) is 40.1. The van der Waals surface area contributed by atoms with Gasteiger partial charge in [-0.3, -0.25) is 0 Å². The van der Waals surface area contributed by atoms with Gasteiger partial charge in [-0.2, -0.15) is 0 Å². The van der Waals surface area contributed by atoms with Gasteiger partial charge in [0, 0.05) is 56.7 Å². The van der Waals surface area contributed by atoms with Gasteiger partial charge in [0.25, 0.3) is 0 Å². The van der Waals surface area contributed by atoms with Crippen molar-refractivity contribution in [1.29, 1.82) is 0 Å². The zero-order chi connectivity index (χ0) is 104. The van der Waals surface area contributed by atoms with E-state index in [2.05, 4.69) is 79.7 Å². The van der Waals surface area contributed by atoms with Crippen LogP contribution >= 0.6 is 23.2 Å². The van der Waals surface area contributed by atoms with Gasteiger partial charge >= 0.3 is 0 Å². The molecule has 0 aromatic heterocycles. The first-order valence-corrected chi connectivity index (χ1v) is 48.9. The smallest absolute Gasteiger partial charge is 0.123 e. The van der Waals surface area contributed by atoms with Gasteiger partial charge in [0.1, 0.15) is 80.5 Å². The molecule has 0 heterocycles. The van der Waals surface area contributed by atoms with Crippen molar-refractivity contribution < 1.29 is 70.8 Å². The molecule has 0 bridgehead atoms. The van der Waals surface area contributed by atoms with Gasteiger partial charge in [0.05, 0.1) is 14.2 Å². The molecule has 0 fully saturated rings. The first kappa shape index (κ1) is 105. The van der Waals surface area contributed by atoms with Gasteiger partial charge in [-0.1, -0.05) is 96.0 Å². The summed E-state index contributed by atoms with van der Waals surface area (Å²) in [5, 5.41) is 128. The minimum Gasteiger partial charge on any atom is -0.508 e. The van der Waals surface area contributed by atoms with Crippen LogP contribution in [0.5, 0.6) is 80.5 Å². The lowest BCUT2D eigenvalue weighted by atomic mass is 9.71. The Bertz CT molecular complexity index is 6740. The van der Waals surface area contributed by atoms with Gasteiger partial charge in [-0.25, -0.2) is 0 Å². The van der Waals surface area contributed by atoms with Crippen molar-refractivity contribution in [3.63, 3.8) is 0 Å². The standard InChI is InChI=1S/C44H50O4.C42H46O6.C40H40Cl2O4/c1-21-17-37(45)25(5)13-33(21)43(34-14-26(6)38(46)18-22(34)2)41-29(9)31(11)42(32(12)30(41)10)44(35-15-27(7)39(47)19-23(35)3)36-16-28(8)40(48)20-24(36)4;1-21-15-35(43)25(5)11-29(21)41(30-12-26(6)36(44)16-22(30)2)33-19-40(48-10)34(20-39(33)47-9)42(31-13-27(7)37(45)17-23(31)3)32-14-28(8)38(46)18-24(32)4;1-19-13-35(43)23(5)9-27(19)39(28-10-24(6)36(44)14-20(28)2)31-17-34(42)32(18-33(31)41)40(29-11-25(7)37(45)15-21(29)3)30-12-26(8)38(46)16-22(30)4/h13-20,43-48H,1-12H3;11-20,41-46H,1-10H3;9-18,39-40,43-46H,1-8H3. The Morgan fingerprint density at radius 3 is 0.394 bits per heavy atom. The van der Waals surface area contributed by atoms with E-state index < -0.39 is 0 Å². The zero-order valence-corrected chi connectivity index (χ0v) is 89.1. The van der Waals surface area contributed by atoms with E-state index in [1.807, 2.05) is 236 Å². The molecule has 0 aliphatic carbocycles. The second-order valence-corrected chi connectivity index (χ2v) is 40.9. The van der Waals surface area contributed by atoms with Gasteiger partial charge in [0.2, 0.25) is 0 Å². The third kappa shape index (κ3) is 20.5. The zero-order valence-electron chi connectivity index (χ0n) is 87.6. The summed E-state index contributed by atoms with van der Waals surface area (Å²) in [5.41, 5.74) is 43.6. The lowest BCUT2D eigenvalue weighted by Gasteiger charge is -2.33. The number of phenolic OH excluding ortho intramolecular Hbond substituents is 12. The largest absolute Gasteiger partial charge is 0.508 e. The summed E-state index contributed by atoms with van der Waals surface area (Å²) in [6.45, 7) is 55.8. The SMILES string of the molecule is COc1cc(C(c2cc(C)c(O)cc2C)c2cc(C)c(O)cc2C)c(OC)cc1C(c1cc(C)c(O)cc1C)c1cc(C)c(O)cc1C.Cc1cc(C(c2cc(C)c(O)cc2C)c2c(C)c(C)c(C(c3cc(C)c(O)cc3C)c3cc(C)c(O)cc3C)c(C)c2C)c(C)cc1O.Cc1cc(C(c2cc(C)c(O)cc2C)c2cc(Cl)c(C(c3cc(C)c(O)cc3C)c3cc(C)c(O)cc3C)cc2Cl)c(C)cc1O. The van der Waals surface area contributed by atoms with Gasteiger partial charge in [0.15, 0.2) is 0 Å². The molecule has 12 N–H and O–H groups in total. The van der Waals surface area contributed by atoms with E-state index in [0.29, 0.717) is 21.5 Å². The maximum atomic E-state index is 10.6. The molecule has 0 radical (unpaired) electrons. The fourth-order valence-electron chi connectivity index (χ4n) is 21.2. The number of benzene rings is 15. The van der Waals surface area contributed by atoms with E-state index in [0.717, 1.165) is 223 Å². The quantitative estimate of drug-likeness (QED) is 0.0317. The predicted molar refractivity (Wildman–Crippen MR) is 578 cm³/mol. The van der Waals surface area contributed by atoms with E-state index in [4.69, 9.17) is 32.7 Å². The molecule has 0 amide bonds. The Hall–Kier alpha value is -13.9. The van der Waals surface area contributed by atoms with E-state index in [1.54, 1.807) is 62.8 Å². The van der Waals surface area contributed by atoms with Crippen LogP contribution in [0.4, 0.5) is 0 Å². The number of aromatic hydroxyl groups is 12. The summed E-state index contributed by atoms with van der Waals surface area (Å²) in [7, 11) is 3.33. The first-order valence-electron chi connectivity index (χ1n) is 48.1. The highest BCUT2D eigenvalue weighted by Crippen LogP contribution is 2.55. The summed E-state index contributed by atoms with van der Waals surface area (Å²) < 4.78 is 12.5. The van der Waals surface area contributed by atoms with Crippen molar-refractivity contribution in [2.75, 3.05) is 14.2 Å². The van der Waals surface area contributed by atoms with Crippen LogP contribution in [0.25, 0.3) is 0 Å². The molecule has 15 rings (SSSR count). The number of ether oxygens (including phenoxy) is 2. The molecule has 0 aliphatic rings. The summed E-state index contributed by atoms with van der Waals surface area (Å²) >= 11 is 14.6. The van der Waals surface area contributed by atoms with Crippen LogP contribution in [-0.4, -0.2) is 75.5 Å². The van der Waals surface area contributed by atoms with E-state index in [1.165, 1.54) is 33.4 Å². The minimum atomic E-state index is -0.341. The molecule has 0 aliphatic heterocycles. The molecule has 15 aromatic carbocycles. The molecule has 0 saturated carbocycles. The highest BCUT2D eigenvalue weighted by Gasteiger charge is 2.37.